The second-order valence-electron chi connectivity index (χ2n) is 5.25. The van der Waals surface area contributed by atoms with Crippen LogP contribution < -0.4 is 10.6 Å². The van der Waals surface area contributed by atoms with Crippen molar-refractivity contribution in [3.05, 3.63) is 15.6 Å². The molecule has 0 aliphatic heterocycles. The second-order valence-corrected chi connectivity index (χ2v) is 6.54. The molecule has 0 aromatic carbocycles. The van der Waals surface area contributed by atoms with Crippen LogP contribution in [0.1, 0.15) is 22.0 Å². The minimum atomic E-state index is 0. The Morgan fingerprint density at radius 2 is 2.04 bits per heavy atom. The number of aromatic nitrogens is 1. The zero-order valence-electron chi connectivity index (χ0n) is 14.8. The van der Waals surface area contributed by atoms with Crippen molar-refractivity contribution in [2.45, 2.75) is 26.8 Å². The van der Waals surface area contributed by atoms with Crippen LogP contribution >= 0.6 is 35.3 Å². The van der Waals surface area contributed by atoms with Crippen LogP contribution in [0, 0.1) is 13.8 Å². The molecule has 0 amide bonds. The van der Waals surface area contributed by atoms with Crippen molar-refractivity contribution in [1.29, 1.82) is 0 Å². The average molecular weight is 455 g/mol. The lowest BCUT2D eigenvalue weighted by molar-refractivity contribution is 0.161. The van der Waals surface area contributed by atoms with Crippen LogP contribution in [0.25, 0.3) is 0 Å². The molecule has 0 saturated carbocycles. The monoisotopic (exact) mass is 455 g/mol. The number of halogens is 1. The first kappa shape index (κ1) is 22.6. The zero-order valence-corrected chi connectivity index (χ0v) is 18.0. The Balaban J connectivity index is 0.00000484. The number of nitrogens with one attached hydrogen (secondary N) is 2. The van der Waals surface area contributed by atoms with E-state index in [1.165, 1.54) is 4.88 Å². The summed E-state index contributed by atoms with van der Waals surface area (Å²) in [6.07, 6.45) is 1.07. The van der Waals surface area contributed by atoms with Crippen molar-refractivity contribution in [2.24, 2.45) is 4.99 Å². The molecule has 2 N–H and O–H groups in total. The van der Waals surface area contributed by atoms with Crippen LogP contribution in [0.5, 0.6) is 0 Å². The first-order valence-electron chi connectivity index (χ1n) is 7.61. The molecular weight excluding hydrogens is 425 g/mol. The summed E-state index contributed by atoms with van der Waals surface area (Å²) in [7, 11) is 5.63. The number of nitrogens with zero attached hydrogens (tertiary/aromatic N) is 3. The topological polar surface area (TPSA) is 61.8 Å². The average Bonchev–Trinajstić information content (AvgIpc) is 2.83. The van der Waals surface area contributed by atoms with E-state index in [-0.39, 0.29) is 24.0 Å². The maximum absolute atomic E-state index is 5.07. The van der Waals surface area contributed by atoms with Crippen molar-refractivity contribution >= 4 is 41.3 Å². The number of ether oxygens (including phenoxy) is 1. The van der Waals surface area contributed by atoms with Crippen molar-refractivity contribution < 1.29 is 4.74 Å². The van der Waals surface area contributed by atoms with Crippen LogP contribution in [-0.2, 0) is 11.3 Å². The second kappa shape index (κ2) is 12.9. The molecule has 0 saturated heterocycles. The minimum Gasteiger partial charge on any atom is -0.383 e. The van der Waals surface area contributed by atoms with E-state index in [1.807, 2.05) is 6.92 Å². The largest absolute Gasteiger partial charge is 0.383 e. The lowest BCUT2D eigenvalue weighted by atomic mass is 10.4. The molecule has 23 heavy (non-hydrogen) atoms. The Labute approximate surface area is 161 Å². The molecule has 1 heterocycles. The number of aryl methyl sites for hydroxylation is 2. The minimum absolute atomic E-state index is 0. The van der Waals surface area contributed by atoms with E-state index >= 15 is 0 Å². The zero-order chi connectivity index (χ0) is 16.4. The highest BCUT2D eigenvalue weighted by atomic mass is 127. The van der Waals surface area contributed by atoms with Gasteiger partial charge in [-0.2, -0.15) is 0 Å². The lowest BCUT2D eigenvalue weighted by Gasteiger charge is -2.16. The van der Waals surface area contributed by atoms with E-state index in [0.717, 1.165) is 49.3 Å². The van der Waals surface area contributed by atoms with E-state index in [9.17, 15) is 0 Å². The molecule has 134 valence electrons. The summed E-state index contributed by atoms with van der Waals surface area (Å²) in [6, 6.07) is 0. The van der Waals surface area contributed by atoms with Gasteiger partial charge in [-0.15, -0.1) is 35.3 Å². The van der Waals surface area contributed by atoms with Crippen LogP contribution in [0.4, 0.5) is 0 Å². The molecule has 1 rings (SSSR count). The van der Waals surface area contributed by atoms with Gasteiger partial charge in [0.05, 0.1) is 18.8 Å². The number of aliphatic imine (C=N–C) groups is 1. The molecule has 0 fully saturated rings. The number of hydrogen-bond donors (Lipinski definition) is 2. The summed E-state index contributed by atoms with van der Waals surface area (Å²) in [5.41, 5.74) is 1.11. The number of guanidine groups is 1. The third-order valence-corrected chi connectivity index (χ3v) is 4.46. The summed E-state index contributed by atoms with van der Waals surface area (Å²) in [6.45, 7) is 8.54. The number of methoxy groups -OCH3 is 1. The highest BCUT2D eigenvalue weighted by Gasteiger charge is 2.04. The van der Waals surface area contributed by atoms with Crippen LogP contribution in [0.15, 0.2) is 4.99 Å². The van der Waals surface area contributed by atoms with Crippen LogP contribution in [-0.4, -0.2) is 63.3 Å². The van der Waals surface area contributed by atoms with Gasteiger partial charge >= 0.3 is 0 Å². The van der Waals surface area contributed by atoms with Gasteiger partial charge in [0.15, 0.2) is 5.96 Å². The van der Waals surface area contributed by atoms with E-state index in [1.54, 1.807) is 25.5 Å². The first-order valence-corrected chi connectivity index (χ1v) is 8.43. The van der Waals surface area contributed by atoms with Gasteiger partial charge < -0.3 is 20.3 Å². The van der Waals surface area contributed by atoms with Gasteiger partial charge in [0, 0.05) is 32.1 Å². The van der Waals surface area contributed by atoms with Gasteiger partial charge in [0.1, 0.15) is 5.01 Å². The van der Waals surface area contributed by atoms with Crippen molar-refractivity contribution in [1.82, 2.24) is 20.5 Å². The number of rotatable bonds is 9. The van der Waals surface area contributed by atoms with Crippen molar-refractivity contribution in [2.75, 3.05) is 47.4 Å². The Morgan fingerprint density at radius 1 is 1.30 bits per heavy atom. The fraction of sp³-hybridized carbons (Fsp3) is 0.733. The predicted molar refractivity (Wildman–Crippen MR) is 109 cm³/mol. The normalized spacial score (nSPS) is 11.5. The fourth-order valence-electron chi connectivity index (χ4n) is 1.91. The summed E-state index contributed by atoms with van der Waals surface area (Å²) < 4.78 is 5.07. The highest BCUT2D eigenvalue weighted by molar-refractivity contribution is 14.0. The summed E-state index contributed by atoms with van der Waals surface area (Å²) in [5, 5.41) is 7.73. The quantitative estimate of drug-likeness (QED) is 0.258. The molecule has 6 nitrogen and oxygen atoms in total. The van der Waals surface area contributed by atoms with E-state index < -0.39 is 0 Å². The highest BCUT2D eigenvalue weighted by Crippen LogP contribution is 2.15. The van der Waals surface area contributed by atoms with Gasteiger partial charge in [-0.1, -0.05) is 0 Å². The predicted octanol–water partition coefficient (Wildman–Crippen LogP) is 2.01. The molecule has 0 bridgehead atoms. The van der Waals surface area contributed by atoms with Gasteiger partial charge in [0.2, 0.25) is 0 Å². The number of hydrogen-bond acceptors (Lipinski definition) is 5. The third kappa shape index (κ3) is 9.43. The lowest BCUT2D eigenvalue weighted by Crippen LogP contribution is -2.38. The third-order valence-electron chi connectivity index (χ3n) is 3.39. The Kier molecular flexibility index (Phi) is 12.7. The van der Waals surface area contributed by atoms with Crippen LogP contribution in [0.3, 0.4) is 0 Å². The molecule has 0 aliphatic carbocycles. The van der Waals surface area contributed by atoms with Crippen molar-refractivity contribution in [3.8, 4) is 0 Å². The molecule has 0 radical (unpaired) electrons. The molecule has 1 aromatic rings. The number of likely N-dealkylation sites (N-methyl/N-ethyl adjacent to an activating group) is 1. The smallest absolute Gasteiger partial charge is 0.191 e. The molecular formula is C15H30IN5OS. The first-order chi connectivity index (χ1) is 10.6. The fourth-order valence-corrected chi connectivity index (χ4v) is 2.78. The van der Waals surface area contributed by atoms with E-state index in [0.29, 0.717) is 6.54 Å². The molecule has 8 heteroatoms. The van der Waals surface area contributed by atoms with Gasteiger partial charge in [-0.3, -0.25) is 4.99 Å². The number of thiazole rings is 1. The SMILES string of the molecule is CN=C(NCCCN(C)CCOC)NCc1nc(C)c(C)s1.I. The Morgan fingerprint density at radius 3 is 2.61 bits per heavy atom. The Bertz CT molecular complexity index is 447. The maximum atomic E-state index is 5.07. The van der Waals surface area contributed by atoms with Gasteiger partial charge in [-0.05, 0) is 33.9 Å². The summed E-state index contributed by atoms with van der Waals surface area (Å²) in [4.78, 5) is 12.3. The van der Waals surface area contributed by atoms with Crippen LogP contribution in [0.2, 0.25) is 0 Å². The molecule has 1 aromatic heterocycles. The summed E-state index contributed by atoms with van der Waals surface area (Å²) >= 11 is 1.73. The Hall–Kier alpha value is -0.450. The maximum Gasteiger partial charge on any atom is 0.191 e. The van der Waals surface area contributed by atoms with Gasteiger partial charge in [0.25, 0.3) is 0 Å². The molecule has 0 atom stereocenters. The molecule has 0 aliphatic rings. The van der Waals surface area contributed by atoms with Gasteiger partial charge in [-0.25, -0.2) is 4.98 Å². The molecule has 0 spiro atoms. The standard InChI is InChI=1S/C15H29N5OS.HI/c1-12-13(2)22-14(19-12)11-18-15(16-3)17-7-6-8-20(4)9-10-21-5;/h6-11H2,1-5H3,(H2,16,17,18);1H. The summed E-state index contributed by atoms with van der Waals surface area (Å²) in [5.74, 6) is 0.824. The van der Waals surface area contributed by atoms with Crippen molar-refractivity contribution in [3.63, 3.8) is 0 Å². The molecule has 0 unspecified atom stereocenters. The van der Waals surface area contributed by atoms with E-state index in [4.69, 9.17) is 4.74 Å². The van der Waals surface area contributed by atoms with E-state index in [2.05, 4.69) is 39.5 Å².